The van der Waals surface area contributed by atoms with Crippen LogP contribution in [-0.4, -0.2) is 21.5 Å². The van der Waals surface area contributed by atoms with Gasteiger partial charge in [-0.3, -0.25) is 4.68 Å². The molecule has 0 saturated carbocycles. The van der Waals surface area contributed by atoms with Crippen molar-refractivity contribution in [1.29, 1.82) is 0 Å². The number of halogens is 1. The first-order valence-corrected chi connectivity index (χ1v) is 4.56. The summed E-state index contributed by atoms with van der Waals surface area (Å²) < 4.78 is 1.75. The zero-order valence-electron chi connectivity index (χ0n) is 8.21. The summed E-state index contributed by atoms with van der Waals surface area (Å²) in [6.07, 6.45) is 1.90. The first-order valence-electron chi connectivity index (χ1n) is 4.56. The van der Waals surface area contributed by atoms with Crippen LogP contribution in [0, 0.1) is 0 Å². The van der Waals surface area contributed by atoms with Crippen LogP contribution in [0.3, 0.4) is 0 Å². The maximum atomic E-state index is 5.42. The van der Waals surface area contributed by atoms with Gasteiger partial charge in [-0.05, 0) is 0 Å². The van der Waals surface area contributed by atoms with Crippen LogP contribution < -0.4 is 5.73 Å². The molecule has 1 aromatic carbocycles. The van der Waals surface area contributed by atoms with E-state index in [9.17, 15) is 0 Å². The SMILES string of the molecule is Cl.NCCn1cc(-c2ccccc2)nn1. The van der Waals surface area contributed by atoms with Crippen molar-refractivity contribution in [2.45, 2.75) is 6.54 Å². The van der Waals surface area contributed by atoms with Crippen LogP contribution in [0.1, 0.15) is 0 Å². The van der Waals surface area contributed by atoms with Crippen molar-refractivity contribution < 1.29 is 0 Å². The highest BCUT2D eigenvalue weighted by molar-refractivity contribution is 5.85. The van der Waals surface area contributed by atoms with Crippen LogP contribution >= 0.6 is 12.4 Å². The number of nitrogens with two attached hydrogens (primary N) is 1. The Morgan fingerprint density at radius 1 is 1.20 bits per heavy atom. The molecule has 0 spiro atoms. The Morgan fingerprint density at radius 2 is 1.93 bits per heavy atom. The number of hydrogen-bond acceptors (Lipinski definition) is 3. The molecule has 0 bridgehead atoms. The lowest BCUT2D eigenvalue weighted by atomic mass is 10.2. The number of nitrogens with zero attached hydrogens (tertiary/aromatic N) is 3. The van der Waals surface area contributed by atoms with Gasteiger partial charge < -0.3 is 5.73 Å². The summed E-state index contributed by atoms with van der Waals surface area (Å²) in [5, 5.41) is 8.03. The van der Waals surface area contributed by atoms with Gasteiger partial charge in [-0.2, -0.15) is 0 Å². The van der Waals surface area contributed by atoms with Crippen molar-refractivity contribution in [1.82, 2.24) is 15.0 Å². The summed E-state index contributed by atoms with van der Waals surface area (Å²) >= 11 is 0. The largest absolute Gasteiger partial charge is 0.329 e. The Morgan fingerprint density at radius 3 is 2.60 bits per heavy atom. The molecule has 0 aliphatic rings. The monoisotopic (exact) mass is 224 g/mol. The minimum atomic E-state index is 0. The van der Waals surface area contributed by atoms with Crippen molar-refractivity contribution in [3.8, 4) is 11.3 Å². The third kappa shape index (κ3) is 2.78. The molecule has 0 atom stereocenters. The summed E-state index contributed by atoms with van der Waals surface area (Å²) in [7, 11) is 0. The van der Waals surface area contributed by atoms with E-state index in [4.69, 9.17) is 5.73 Å². The van der Waals surface area contributed by atoms with E-state index in [2.05, 4.69) is 10.3 Å². The molecule has 0 radical (unpaired) electrons. The molecule has 80 valence electrons. The molecular formula is C10H13ClN4. The van der Waals surface area contributed by atoms with Crippen LogP contribution in [0.5, 0.6) is 0 Å². The second-order valence-electron chi connectivity index (χ2n) is 3.02. The summed E-state index contributed by atoms with van der Waals surface area (Å²) in [4.78, 5) is 0. The normalized spacial score (nSPS) is 9.67. The van der Waals surface area contributed by atoms with Crippen LogP contribution in [0.15, 0.2) is 36.5 Å². The molecule has 1 heterocycles. The standard InChI is InChI=1S/C10H12N4.ClH/c11-6-7-14-8-10(12-13-14)9-4-2-1-3-5-9;/h1-5,8H,6-7,11H2;1H. The molecule has 0 fully saturated rings. The lowest BCUT2D eigenvalue weighted by molar-refractivity contribution is 0.598. The molecule has 0 aliphatic carbocycles. The van der Waals surface area contributed by atoms with E-state index in [1.165, 1.54) is 0 Å². The third-order valence-electron chi connectivity index (χ3n) is 1.97. The van der Waals surface area contributed by atoms with Crippen molar-refractivity contribution in [2.24, 2.45) is 5.73 Å². The lowest BCUT2D eigenvalue weighted by Crippen LogP contribution is -2.10. The van der Waals surface area contributed by atoms with Gasteiger partial charge in [-0.1, -0.05) is 35.5 Å². The molecule has 0 saturated heterocycles. The average Bonchev–Trinajstić information content (AvgIpc) is 2.68. The highest BCUT2D eigenvalue weighted by Gasteiger charge is 2.01. The summed E-state index contributed by atoms with van der Waals surface area (Å²) in [5.74, 6) is 0. The molecule has 0 aliphatic heterocycles. The van der Waals surface area contributed by atoms with Crippen LogP contribution in [0.25, 0.3) is 11.3 Å². The Kier molecular flexibility index (Phi) is 4.27. The van der Waals surface area contributed by atoms with Crippen molar-refractivity contribution in [3.63, 3.8) is 0 Å². The molecule has 5 heteroatoms. The molecular weight excluding hydrogens is 212 g/mol. The van der Waals surface area contributed by atoms with Gasteiger partial charge in [0.2, 0.25) is 0 Å². The fourth-order valence-electron chi connectivity index (χ4n) is 1.28. The van der Waals surface area contributed by atoms with Gasteiger partial charge in [0, 0.05) is 12.1 Å². The summed E-state index contributed by atoms with van der Waals surface area (Å²) in [5.41, 5.74) is 7.39. The van der Waals surface area contributed by atoms with Crippen LogP contribution in [-0.2, 0) is 6.54 Å². The number of aromatic nitrogens is 3. The van der Waals surface area contributed by atoms with E-state index in [0.717, 1.165) is 11.3 Å². The first kappa shape index (κ1) is 11.7. The van der Waals surface area contributed by atoms with Gasteiger partial charge >= 0.3 is 0 Å². The van der Waals surface area contributed by atoms with E-state index in [-0.39, 0.29) is 12.4 Å². The van der Waals surface area contributed by atoms with E-state index in [0.29, 0.717) is 13.1 Å². The van der Waals surface area contributed by atoms with Gasteiger partial charge in [0.1, 0.15) is 5.69 Å². The quantitative estimate of drug-likeness (QED) is 0.856. The molecule has 1 aromatic heterocycles. The first-order chi connectivity index (χ1) is 6.90. The zero-order chi connectivity index (χ0) is 9.80. The Balaban J connectivity index is 0.00000112. The fourth-order valence-corrected chi connectivity index (χ4v) is 1.28. The van der Waals surface area contributed by atoms with Crippen molar-refractivity contribution in [2.75, 3.05) is 6.54 Å². The average molecular weight is 225 g/mol. The Bertz CT molecular complexity index is 399. The van der Waals surface area contributed by atoms with E-state index >= 15 is 0 Å². The van der Waals surface area contributed by atoms with Crippen molar-refractivity contribution in [3.05, 3.63) is 36.5 Å². The highest BCUT2D eigenvalue weighted by Crippen LogP contribution is 2.14. The smallest absolute Gasteiger partial charge is 0.113 e. The number of benzene rings is 1. The molecule has 0 amide bonds. The van der Waals surface area contributed by atoms with Crippen LogP contribution in [0.4, 0.5) is 0 Å². The highest BCUT2D eigenvalue weighted by atomic mass is 35.5. The second-order valence-corrected chi connectivity index (χ2v) is 3.02. The predicted octanol–water partition coefficient (Wildman–Crippen LogP) is 1.33. The van der Waals surface area contributed by atoms with E-state index in [1.54, 1.807) is 4.68 Å². The molecule has 4 nitrogen and oxygen atoms in total. The second kappa shape index (κ2) is 5.48. The van der Waals surface area contributed by atoms with Gasteiger partial charge in [0.15, 0.2) is 0 Å². The molecule has 15 heavy (non-hydrogen) atoms. The van der Waals surface area contributed by atoms with Gasteiger partial charge in [-0.15, -0.1) is 17.5 Å². The summed E-state index contributed by atoms with van der Waals surface area (Å²) in [6.45, 7) is 1.29. The third-order valence-corrected chi connectivity index (χ3v) is 1.97. The zero-order valence-corrected chi connectivity index (χ0v) is 9.02. The lowest BCUT2D eigenvalue weighted by Gasteiger charge is -1.94. The maximum absolute atomic E-state index is 5.42. The predicted molar refractivity (Wildman–Crippen MR) is 61.8 cm³/mol. The van der Waals surface area contributed by atoms with Gasteiger partial charge in [0.25, 0.3) is 0 Å². The molecule has 0 unspecified atom stereocenters. The van der Waals surface area contributed by atoms with E-state index < -0.39 is 0 Å². The Labute approximate surface area is 94.5 Å². The van der Waals surface area contributed by atoms with Crippen LogP contribution in [0.2, 0.25) is 0 Å². The minimum absolute atomic E-state index is 0. The fraction of sp³-hybridized carbons (Fsp3) is 0.200. The van der Waals surface area contributed by atoms with Gasteiger partial charge in [0.05, 0.1) is 12.7 Å². The summed E-state index contributed by atoms with van der Waals surface area (Å²) in [6, 6.07) is 9.97. The Hall–Kier alpha value is -1.39. The molecule has 2 N–H and O–H groups in total. The van der Waals surface area contributed by atoms with E-state index in [1.807, 2.05) is 36.5 Å². The molecule has 2 rings (SSSR count). The minimum Gasteiger partial charge on any atom is -0.329 e. The van der Waals surface area contributed by atoms with Crippen molar-refractivity contribution >= 4 is 12.4 Å². The topological polar surface area (TPSA) is 56.7 Å². The number of rotatable bonds is 3. The number of hydrogen-bond donors (Lipinski definition) is 1. The van der Waals surface area contributed by atoms with Gasteiger partial charge in [-0.25, -0.2) is 0 Å². The molecule has 2 aromatic rings. The maximum Gasteiger partial charge on any atom is 0.113 e.